The molecule has 0 bridgehead atoms. The molecule has 1 aromatic rings. The SMILES string of the molecule is CC(C)(Nc1ncco1)C(=O)O. The van der Waals surface area contributed by atoms with Crippen LogP contribution in [0.2, 0.25) is 0 Å². The molecule has 12 heavy (non-hydrogen) atoms. The molecule has 0 unspecified atom stereocenters. The van der Waals surface area contributed by atoms with Gasteiger partial charge in [0.2, 0.25) is 0 Å². The zero-order valence-corrected chi connectivity index (χ0v) is 6.87. The van der Waals surface area contributed by atoms with Gasteiger partial charge in [0.25, 0.3) is 6.01 Å². The number of anilines is 1. The molecule has 0 atom stereocenters. The van der Waals surface area contributed by atoms with Crippen LogP contribution in [-0.2, 0) is 4.79 Å². The molecule has 1 heterocycles. The number of nitrogens with zero attached hydrogens (tertiary/aromatic N) is 1. The Bertz CT molecular complexity index is 266. The van der Waals surface area contributed by atoms with Crippen molar-refractivity contribution in [1.82, 2.24) is 4.98 Å². The number of hydrogen-bond donors (Lipinski definition) is 2. The lowest BCUT2D eigenvalue weighted by Gasteiger charge is -2.18. The monoisotopic (exact) mass is 170 g/mol. The molecule has 0 aromatic carbocycles. The minimum absolute atomic E-state index is 0.211. The molecule has 2 N–H and O–H groups in total. The van der Waals surface area contributed by atoms with Gasteiger partial charge in [-0.05, 0) is 13.8 Å². The quantitative estimate of drug-likeness (QED) is 0.706. The van der Waals surface area contributed by atoms with Gasteiger partial charge in [0, 0.05) is 0 Å². The summed E-state index contributed by atoms with van der Waals surface area (Å²) < 4.78 is 4.83. The summed E-state index contributed by atoms with van der Waals surface area (Å²) in [4.78, 5) is 14.4. The second-order valence-corrected chi connectivity index (χ2v) is 2.89. The highest BCUT2D eigenvalue weighted by molar-refractivity contribution is 5.80. The van der Waals surface area contributed by atoms with E-state index in [1.54, 1.807) is 0 Å². The van der Waals surface area contributed by atoms with Crippen LogP contribution >= 0.6 is 0 Å². The van der Waals surface area contributed by atoms with E-state index in [9.17, 15) is 4.79 Å². The summed E-state index contributed by atoms with van der Waals surface area (Å²) in [5, 5.41) is 11.3. The van der Waals surface area contributed by atoms with Crippen LogP contribution in [0.4, 0.5) is 6.01 Å². The normalized spacial score (nSPS) is 11.2. The summed E-state index contributed by atoms with van der Waals surface area (Å²) in [6.07, 6.45) is 2.82. The van der Waals surface area contributed by atoms with E-state index in [1.165, 1.54) is 26.3 Å². The van der Waals surface area contributed by atoms with Crippen molar-refractivity contribution in [2.24, 2.45) is 0 Å². The molecule has 0 aliphatic rings. The maximum absolute atomic E-state index is 10.6. The van der Waals surface area contributed by atoms with Gasteiger partial charge < -0.3 is 14.8 Å². The van der Waals surface area contributed by atoms with E-state index >= 15 is 0 Å². The summed E-state index contributed by atoms with van der Waals surface area (Å²) in [6, 6.07) is 0.211. The summed E-state index contributed by atoms with van der Waals surface area (Å²) in [5.74, 6) is -0.958. The van der Waals surface area contributed by atoms with Crippen molar-refractivity contribution in [3.63, 3.8) is 0 Å². The Morgan fingerprint density at radius 1 is 1.75 bits per heavy atom. The lowest BCUT2D eigenvalue weighted by Crippen LogP contribution is -2.40. The Balaban J connectivity index is 2.69. The molecule has 0 radical (unpaired) electrons. The Hall–Kier alpha value is -1.52. The number of carboxylic acid groups (broad SMARTS) is 1. The average Bonchev–Trinajstić information content (AvgIpc) is 2.38. The number of aliphatic carboxylic acids is 1. The van der Waals surface area contributed by atoms with Crippen molar-refractivity contribution in [1.29, 1.82) is 0 Å². The molecule has 0 spiro atoms. The molecule has 0 saturated heterocycles. The standard InChI is InChI=1S/C7H10N2O3/c1-7(2,5(10)11)9-6-8-3-4-12-6/h3-4H,1-2H3,(H,8,9)(H,10,11). The van der Waals surface area contributed by atoms with Crippen LogP contribution in [-0.4, -0.2) is 21.6 Å². The molecular formula is C7H10N2O3. The molecule has 0 saturated carbocycles. The second kappa shape index (κ2) is 2.84. The van der Waals surface area contributed by atoms with Gasteiger partial charge >= 0.3 is 5.97 Å². The number of carboxylic acids is 1. The summed E-state index contributed by atoms with van der Waals surface area (Å²) in [6.45, 7) is 3.05. The van der Waals surface area contributed by atoms with E-state index in [4.69, 9.17) is 9.52 Å². The van der Waals surface area contributed by atoms with Crippen LogP contribution in [0.15, 0.2) is 16.9 Å². The zero-order valence-electron chi connectivity index (χ0n) is 6.87. The first-order valence-corrected chi connectivity index (χ1v) is 3.43. The highest BCUT2D eigenvalue weighted by atomic mass is 16.4. The minimum atomic E-state index is -1.06. The largest absolute Gasteiger partial charge is 0.480 e. The van der Waals surface area contributed by atoms with E-state index in [0.29, 0.717) is 0 Å². The highest BCUT2D eigenvalue weighted by Crippen LogP contribution is 2.12. The van der Waals surface area contributed by atoms with Gasteiger partial charge in [-0.2, -0.15) is 0 Å². The smallest absolute Gasteiger partial charge is 0.328 e. The topological polar surface area (TPSA) is 75.4 Å². The summed E-state index contributed by atoms with van der Waals surface area (Å²) in [5.41, 5.74) is -1.06. The maximum Gasteiger partial charge on any atom is 0.328 e. The van der Waals surface area contributed by atoms with E-state index in [0.717, 1.165) is 0 Å². The van der Waals surface area contributed by atoms with Crippen LogP contribution in [0.1, 0.15) is 13.8 Å². The molecule has 0 aliphatic heterocycles. The first kappa shape index (κ1) is 8.58. The fraction of sp³-hybridized carbons (Fsp3) is 0.429. The van der Waals surface area contributed by atoms with Gasteiger partial charge in [0.15, 0.2) is 0 Å². The number of hydrogen-bond acceptors (Lipinski definition) is 4. The molecule has 1 aromatic heterocycles. The summed E-state index contributed by atoms with van der Waals surface area (Å²) in [7, 11) is 0. The first-order valence-electron chi connectivity index (χ1n) is 3.43. The van der Waals surface area contributed by atoms with Crippen LogP contribution < -0.4 is 5.32 Å². The third-order valence-electron chi connectivity index (χ3n) is 1.39. The number of aromatic nitrogens is 1. The van der Waals surface area contributed by atoms with Crippen LogP contribution in [0.3, 0.4) is 0 Å². The number of nitrogens with one attached hydrogen (secondary N) is 1. The molecule has 0 amide bonds. The zero-order chi connectivity index (χ0) is 9.19. The molecular weight excluding hydrogens is 160 g/mol. The van der Waals surface area contributed by atoms with Gasteiger partial charge in [0.05, 0.1) is 6.20 Å². The summed E-state index contributed by atoms with van der Waals surface area (Å²) >= 11 is 0. The van der Waals surface area contributed by atoms with Gasteiger partial charge in [-0.15, -0.1) is 0 Å². The van der Waals surface area contributed by atoms with Crippen molar-refractivity contribution in [3.8, 4) is 0 Å². The van der Waals surface area contributed by atoms with Gasteiger partial charge in [-0.25, -0.2) is 9.78 Å². The van der Waals surface area contributed by atoms with Gasteiger partial charge in [-0.1, -0.05) is 0 Å². The van der Waals surface area contributed by atoms with Gasteiger partial charge in [0.1, 0.15) is 11.8 Å². The third kappa shape index (κ3) is 1.75. The van der Waals surface area contributed by atoms with Crippen LogP contribution in [0.5, 0.6) is 0 Å². The molecule has 1 rings (SSSR count). The number of carbonyl (C=O) groups is 1. The van der Waals surface area contributed by atoms with Crippen molar-refractivity contribution >= 4 is 12.0 Å². The molecule has 0 fully saturated rings. The van der Waals surface area contributed by atoms with Crippen molar-refractivity contribution < 1.29 is 14.3 Å². The van der Waals surface area contributed by atoms with E-state index in [-0.39, 0.29) is 6.01 Å². The van der Waals surface area contributed by atoms with Crippen molar-refractivity contribution in [3.05, 3.63) is 12.5 Å². The maximum atomic E-state index is 10.6. The van der Waals surface area contributed by atoms with E-state index in [1.807, 2.05) is 0 Å². The van der Waals surface area contributed by atoms with Crippen molar-refractivity contribution in [2.75, 3.05) is 5.32 Å². The molecule has 0 aliphatic carbocycles. The molecule has 66 valence electrons. The Morgan fingerprint density at radius 3 is 2.83 bits per heavy atom. The minimum Gasteiger partial charge on any atom is -0.480 e. The fourth-order valence-corrected chi connectivity index (χ4v) is 0.606. The average molecular weight is 170 g/mol. The lowest BCUT2D eigenvalue weighted by atomic mass is 10.1. The Morgan fingerprint density at radius 2 is 2.42 bits per heavy atom. The predicted octanol–water partition coefficient (Wildman–Crippen LogP) is 0.950. The number of rotatable bonds is 3. The Labute approximate surface area is 69.4 Å². The first-order chi connectivity index (χ1) is 5.52. The highest BCUT2D eigenvalue weighted by Gasteiger charge is 2.27. The van der Waals surface area contributed by atoms with Gasteiger partial charge in [-0.3, -0.25) is 0 Å². The number of oxazole rings is 1. The fourth-order valence-electron chi connectivity index (χ4n) is 0.606. The van der Waals surface area contributed by atoms with E-state index < -0.39 is 11.5 Å². The second-order valence-electron chi connectivity index (χ2n) is 2.89. The Kier molecular flexibility index (Phi) is 2.03. The van der Waals surface area contributed by atoms with Crippen molar-refractivity contribution in [2.45, 2.75) is 19.4 Å². The lowest BCUT2D eigenvalue weighted by molar-refractivity contribution is -0.141. The predicted molar refractivity (Wildman–Crippen MR) is 41.8 cm³/mol. The van der Waals surface area contributed by atoms with Crippen LogP contribution in [0, 0.1) is 0 Å². The van der Waals surface area contributed by atoms with E-state index in [2.05, 4.69) is 10.3 Å². The van der Waals surface area contributed by atoms with Crippen LogP contribution in [0.25, 0.3) is 0 Å². The molecule has 5 heteroatoms. The molecule has 5 nitrogen and oxygen atoms in total. The third-order valence-corrected chi connectivity index (χ3v) is 1.39.